The number of furan rings is 1. The van der Waals surface area contributed by atoms with Crippen molar-refractivity contribution < 1.29 is 4.42 Å². The van der Waals surface area contributed by atoms with Gasteiger partial charge in [-0.15, -0.1) is 11.3 Å². The van der Waals surface area contributed by atoms with Crippen LogP contribution in [0.3, 0.4) is 0 Å². The second-order valence-electron chi connectivity index (χ2n) is 19.4. The predicted octanol–water partition coefficient (Wildman–Crippen LogP) is 19.1. The van der Waals surface area contributed by atoms with Crippen molar-refractivity contribution in [3.05, 3.63) is 248 Å². The van der Waals surface area contributed by atoms with Gasteiger partial charge >= 0.3 is 0 Å². The minimum absolute atomic E-state index is 0.423. The highest BCUT2D eigenvalue weighted by Gasteiger charge is 2.26. The molecule has 11 aromatic carbocycles. The van der Waals surface area contributed by atoms with Crippen LogP contribution in [0.2, 0.25) is 0 Å². The largest absolute Gasteiger partial charge is 0.455 e. The molecule has 0 unspecified atom stereocenters. The number of thiophene rings is 1. The van der Waals surface area contributed by atoms with E-state index in [-0.39, 0.29) is 0 Å². The Morgan fingerprint density at radius 1 is 0.421 bits per heavy atom. The number of aromatic nitrogens is 3. The first-order valence-electron chi connectivity index (χ1n) is 25.2. The zero-order chi connectivity index (χ0) is 50.2. The molecule has 0 spiro atoms. The van der Waals surface area contributed by atoms with E-state index in [4.69, 9.17) is 11.0 Å². The molecule has 5 heterocycles. The Hall–Kier alpha value is -10.4. The summed E-state index contributed by atoms with van der Waals surface area (Å²) < 4.78 is 15.9. The van der Waals surface area contributed by atoms with Gasteiger partial charge in [-0.25, -0.2) is 4.85 Å². The van der Waals surface area contributed by atoms with Crippen LogP contribution in [0, 0.1) is 17.9 Å². The minimum atomic E-state index is 0.423. The fourth-order valence-electron chi connectivity index (χ4n) is 12.2. The summed E-state index contributed by atoms with van der Waals surface area (Å²) >= 11 is 1.77. The Balaban J connectivity index is 0.961. The summed E-state index contributed by atoms with van der Waals surface area (Å²) in [6, 6.07) is 83.3. The van der Waals surface area contributed by atoms with E-state index in [1.54, 1.807) is 11.3 Å². The van der Waals surface area contributed by atoms with Gasteiger partial charge in [0.15, 0.2) is 0 Å². The SMILES string of the molecule is [C-]#[N+]c1cc(-n2c3ccc(N(c4ccccc4)c4ccccc4)cc3c3c4oc5ccccc5c4ccc32)c(C#N)cc1-n1c2ccc(-n3c4ccccc4c4ccccc43)cc2c2cc3c(cc21)sc1ccccc13. The highest BCUT2D eigenvalue weighted by atomic mass is 32.1. The van der Waals surface area contributed by atoms with Gasteiger partial charge in [0.2, 0.25) is 5.69 Å². The van der Waals surface area contributed by atoms with E-state index in [1.165, 1.54) is 26.2 Å². The van der Waals surface area contributed by atoms with Crippen molar-refractivity contribution in [3.8, 4) is 23.1 Å². The lowest BCUT2D eigenvalue weighted by atomic mass is 10.1. The first-order valence-corrected chi connectivity index (χ1v) is 26.1. The zero-order valence-electron chi connectivity index (χ0n) is 40.4. The molecule has 7 nitrogen and oxygen atoms in total. The van der Waals surface area contributed by atoms with Crippen molar-refractivity contribution in [2.45, 2.75) is 0 Å². The van der Waals surface area contributed by atoms with Gasteiger partial charge in [0, 0.05) is 80.6 Å². The van der Waals surface area contributed by atoms with Crippen molar-refractivity contribution in [2.75, 3.05) is 4.90 Å². The number of hydrogen-bond acceptors (Lipinski definition) is 4. The lowest BCUT2D eigenvalue weighted by molar-refractivity contribution is 0.673. The molecule has 0 saturated carbocycles. The number of nitriles is 1. The molecule has 0 radical (unpaired) electrons. The number of rotatable bonds is 6. The summed E-state index contributed by atoms with van der Waals surface area (Å²) in [4.78, 5) is 6.59. The fourth-order valence-corrected chi connectivity index (χ4v) is 13.3. The quantitative estimate of drug-likeness (QED) is 0.156. The number of hydrogen-bond donors (Lipinski definition) is 0. The zero-order valence-corrected chi connectivity index (χ0v) is 41.3. The molecule has 5 aromatic heterocycles. The van der Waals surface area contributed by atoms with E-state index in [1.807, 2.05) is 42.5 Å². The van der Waals surface area contributed by atoms with Crippen molar-refractivity contribution in [3.63, 3.8) is 0 Å². The molecule has 0 fully saturated rings. The van der Waals surface area contributed by atoms with E-state index < -0.39 is 0 Å². The summed E-state index contributed by atoms with van der Waals surface area (Å²) in [6.07, 6.45) is 0. The van der Waals surface area contributed by atoms with Crippen LogP contribution in [0.25, 0.3) is 129 Å². The topological polar surface area (TPSA) is 59.3 Å². The predicted molar refractivity (Wildman–Crippen MR) is 315 cm³/mol. The average Bonchev–Trinajstić information content (AvgIpc) is 4.39. The molecule has 0 amide bonds. The summed E-state index contributed by atoms with van der Waals surface area (Å²) in [7, 11) is 0. The Morgan fingerprint density at radius 3 is 1.76 bits per heavy atom. The molecular weight excluding hydrogens is 949 g/mol. The summed E-state index contributed by atoms with van der Waals surface area (Å²) in [5.74, 6) is 0. The summed E-state index contributed by atoms with van der Waals surface area (Å²) in [6.45, 7) is 8.97. The van der Waals surface area contributed by atoms with Crippen LogP contribution in [0.5, 0.6) is 0 Å². The molecule has 16 rings (SSSR count). The maximum atomic E-state index is 11.5. The third-order valence-electron chi connectivity index (χ3n) is 15.4. The average molecular weight is 987 g/mol. The smallest absolute Gasteiger partial charge is 0.212 e. The van der Waals surface area contributed by atoms with E-state index in [2.05, 4.69) is 218 Å². The normalized spacial score (nSPS) is 11.9. The Labute approximate surface area is 438 Å². The van der Waals surface area contributed by atoms with Crippen LogP contribution in [-0.4, -0.2) is 13.7 Å². The van der Waals surface area contributed by atoms with E-state index in [0.717, 1.165) is 104 Å². The van der Waals surface area contributed by atoms with Gasteiger partial charge < -0.3 is 23.0 Å². The van der Waals surface area contributed by atoms with E-state index in [9.17, 15) is 5.26 Å². The summed E-state index contributed by atoms with van der Waals surface area (Å²) in [5.41, 5.74) is 13.7. The maximum Gasteiger partial charge on any atom is 0.212 e. The molecule has 0 aliphatic carbocycles. The van der Waals surface area contributed by atoms with Crippen LogP contribution in [-0.2, 0) is 0 Å². The lowest BCUT2D eigenvalue weighted by Crippen LogP contribution is -2.09. The van der Waals surface area contributed by atoms with Crippen molar-refractivity contribution in [1.82, 2.24) is 13.7 Å². The molecule has 8 heteroatoms. The molecular formula is C68H38N6OS. The number of fused-ring (bicyclic) bond motifs is 16. The Kier molecular flexibility index (Phi) is 8.91. The standard InChI is InChI=1S/C68H38N6OS/c1-70-55-38-61(73-59-32-28-44(71(42-16-4-2-5-17-42)43-18-6-3-7-19-43)36-54(59)67-60(73)33-30-50-48-22-10-14-26-64(48)75-68(50)67)41(40-69)34-63(55)74-58-31-29-45(72-56-24-12-8-20-46(56)47-21-9-13-25-57(47)72)35-51(58)52-37-53-49-23-11-15-27-65(49)76-66(53)39-62(52)74/h2-39H. The lowest BCUT2D eigenvalue weighted by Gasteiger charge is -2.25. The molecule has 76 heavy (non-hydrogen) atoms. The molecule has 0 atom stereocenters. The Morgan fingerprint density at radius 2 is 1.03 bits per heavy atom. The fraction of sp³-hybridized carbons (Fsp3) is 0. The highest BCUT2D eigenvalue weighted by molar-refractivity contribution is 7.25. The van der Waals surface area contributed by atoms with Gasteiger partial charge in [0.25, 0.3) is 0 Å². The minimum Gasteiger partial charge on any atom is -0.455 e. The Bertz CT molecular complexity index is 5120. The van der Waals surface area contributed by atoms with Crippen LogP contribution < -0.4 is 4.90 Å². The van der Waals surface area contributed by atoms with Crippen molar-refractivity contribution in [2.24, 2.45) is 0 Å². The number of para-hydroxylation sites is 5. The third-order valence-corrected chi connectivity index (χ3v) is 16.6. The van der Waals surface area contributed by atoms with Gasteiger partial charge in [-0.1, -0.05) is 109 Å². The summed E-state index contributed by atoms with van der Waals surface area (Å²) in [5, 5.41) is 22.3. The molecule has 0 bridgehead atoms. The van der Waals surface area contributed by atoms with Gasteiger partial charge in [0.05, 0.1) is 62.0 Å². The van der Waals surface area contributed by atoms with Gasteiger partial charge in [0.1, 0.15) is 17.2 Å². The first kappa shape index (κ1) is 42.2. The first-order chi connectivity index (χ1) is 37.6. The van der Waals surface area contributed by atoms with Crippen LogP contribution in [0.15, 0.2) is 235 Å². The molecule has 0 N–H and O–H groups in total. The van der Waals surface area contributed by atoms with Gasteiger partial charge in [-0.3, -0.25) is 0 Å². The number of benzene rings is 11. The second-order valence-corrected chi connectivity index (χ2v) is 20.5. The molecule has 0 aliphatic heterocycles. The van der Waals surface area contributed by atoms with E-state index >= 15 is 0 Å². The van der Waals surface area contributed by atoms with E-state index in [0.29, 0.717) is 22.6 Å². The maximum absolute atomic E-state index is 11.5. The second kappa shape index (κ2) is 16.1. The van der Waals surface area contributed by atoms with Crippen LogP contribution in [0.1, 0.15) is 5.56 Å². The third kappa shape index (κ3) is 5.96. The monoisotopic (exact) mass is 986 g/mol. The van der Waals surface area contributed by atoms with Crippen molar-refractivity contribution >= 4 is 142 Å². The molecule has 16 aromatic rings. The number of nitrogens with zero attached hydrogens (tertiary/aromatic N) is 6. The molecule has 352 valence electrons. The van der Waals surface area contributed by atoms with Gasteiger partial charge in [-0.05, 0) is 121 Å². The van der Waals surface area contributed by atoms with Crippen LogP contribution in [0.4, 0.5) is 22.7 Å². The van der Waals surface area contributed by atoms with Crippen molar-refractivity contribution in [1.29, 1.82) is 5.26 Å². The van der Waals surface area contributed by atoms with Crippen LogP contribution >= 0.6 is 11.3 Å². The number of anilines is 3. The highest BCUT2D eigenvalue weighted by Crippen LogP contribution is 2.47. The molecule has 0 aliphatic rings. The molecule has 0 saturated heterocycles. The van der Waals surface area contributed by atoms with Gasteiger partial charge in [-0.2, -0.15) is 5.26 Å².